The molecule has 4 nitrogen and oxygen atoms in total. The minimum atomic E-state index is 0.233. The van der Waals surface area contributed by atoms with Gasteiger partial charge in [-0.15, -0.1) is 0 Å². The lowest BCUT2D eigenvalue weighted by Gasteiger charge is -2.15. The molecule has 0 aromatic carbocycles. The highest BCUT2D eigenvalue weighted by Crippen LogP contribution is 2.14. The number of likely N-dealkylation sites (N-methyl/N-ethyl adjacent to an activating group) is 1. The maximum Gasteiger partial charge on any atom is 0.0644 e. The Morgan fingerprint density at radius 3 is 2.82 bits per heavy atom. The van der Waals surface area contributed by atoms with Gasteiger partial charge in [-0.1, -0.05) is 13.0 Å². The van der Waals surface area contributed by atoms with Crippen LogP contribution in [-0.2, 0) is 13.5 Å². The van der Waals surface area contributed by atoms with Crippen molar-refractivity contribution in [2.24, 2.45) is 7.05 Å². The average Bonchev–Trinajstić information content (AvgIpc) is 2.75. The summed E-state index contributed by atoms with van der Waals surface area (Å²) < 4.78 is 1.83. The summed E-state index contributed by atoms with van der Waals surface area (Å²) in [7, 11) is 1.94. The Bertz CT molecular complexity index is 449. The summed E-state index contributed by atoms with van der Waals surface area (Å²) in [4.78, 5) is 4.40. The third kappa shape index (κ3) is 3.14. The largest absolute Gasteiger partial charge is 0.309 e. The van der Waals surface area contributed by atoms with Crippen molar-refractivity contribution in [1.29, 1.82) is 0 Å². The molecule has 0 aliphatic carbocycles. The van der Waals surface area contributed by atoms with Gasteiger partial charge in [0.05, 0.1) is 17.4 Å². The van der Waals surface area contributed by atoms with Gasteiger partial charge in [-0.05, 0) is 24.7 Å². The lowest BCUT2D eigenvalue weighted by molar-refractivity contribution is 0.527. The maximum absolute atomic E-state index is 4.41. The Hall–Kier alpha value is -1.68. The van der Waals surface area contributed by atoms with Crippen LogP contribution in [0.1, 0.15) is 24.4 Å². The van der Waals surface area contributed by atoms with Gasteiger partial charge in [-0.3, -0.25) is 9.67 Å². The number of hydrogen-bond acceptors (Lipinski definition) is 3. The van der Waals surface area contributed by atoms with E-state index in [2.05, 4.69) is 28.4 Å². The minimum absolute atomic E-state index is 0.233. The van der Waals surface area contributed by atoms with Crippen LogP contribution in [0.15, 0.2) is 36.7 Å². The molecular weight excluding hydrogens is 212 g/mol. The normalized spacial score (nSPS) is 12.6. The first kappa shape index (κ1) is 11.8. The SMILES string of the molecule is CCNC(Cc1ccn(C)n1)c1ccccn1. The number of aromatic nitrogens is 3. The summed E-state index contributed by atoms with van der Waals surface area (Å²) in [5.41, 5.74) is 2.16. The number of pyridine rings is 1. The average molecular weight is 230 g/mol. The van der Waals surface area contributed by atoms with Crippen molar-refractivity contribution in [3.8, 4) is 0 Å². The highest BCUT2D eigenvalue weighted by molar-refractivity contribution is 5.12. The first-order chi connectivity index (χ1) is 8.29. The van der Waals surface area contributed by atoms with Crippen molar-refractivity contribution in [2.75, 3.05) is 6.54 Å². The molecule has 2 rings (SSSR count). The van der Waals surface area contributed by atoms with E-state index in [0.717, 1.165) is 24.4 Å². The van der Waals surface area contributed by atoms with Crippen molar-refractivity contribution in [2.45, 2.75) is 19.4 Å². The van der Waals surface area contributed by atoms with E-state index < -0.39 is 0 Å². The Kier molecular flexibility index (Phi) is 3.88. The van der Waals surface area contributed by atoms with Crippen LogP contribution in [0, 0.1) is 0 Å². The van der Waals surface area contributed by atoms with Crippen LogP contribution >= 0.6 is 0 Å². The van der Waals surface area contributed by atoms with Crippen LogP contribution in [0.25, 0.3) is 0 Å². The van der Waals surface area contributed by atoms with E-state index in [1.165, 1.54) is 0 Å². The summed E-state index contributed by atoms with van der Waals surface area (Å²) in [5.74, 6) is 0. The van der Waals surface area contributed by atoms with Crippen molar-refractivity contribution < 1.29 is 0 Å². The second kappa shape index (κ2) is 5.59. The van der Waals surface area contributed by atoms with Gasteiger partial charge in [-0.25, -0.2) is 0 Å². The molecule has 0 saturated heterocycles. The number of hydrogen-bond donors (Lipinski definition) is 1. The molecule has 0 spiro atoms. The van der Waals surface area contributed by atoms with Crippen molar-refractivity contribution in [3.05, 3.63) is 48.0 Å². The summed E-state index contributed by atoms with van der Waals surface area (Å²) in [6.45, 7) is 3.03. The first-order valence-corrected chi connectivity index (χ1v) is 5.92. The molecule has 0 saturated carbocycles. The van der Waals surface area contributed by atoms with Crippen LogP contribution in [0.4, 0.5) is 0 Å². The molecule has 0 bridgehead atoms. The smallest absolute Gasteiger partial charge is 0.0644 e. The van der Waals surface area contributed by atoms with E-state index in [1.807, 2.05) is 42.3 Å². The number of rotatable bonds is 5. The summed E-state index contributed by atoms with van der Waals surface area (Å²) in [6, 6.07) is 8.29. The van der Waals surface area contributed by atoms with Gasteiger partial charge in [-0.2, -0.15) is 5.10 Å². The predicted molar refractivity (Wildman–Crippen MR) is 67.6 cm³/mol. The number of nitrogens with zero attached hydrogens (tertiary/aromatic N) is 3. The fourth-order valence-electron chi connectivity index (χ4n) is 1.89. The molecule has 17 heavy (non-hydrogen) atoms. The molecule has 90 valence electrons. The summed E-state index contributed by atoms with van der Waals surface area (Å²) in [6.07, 6.45) is 4.67. The van der Waals surface area contributed by atoms with E-state index in [0.29, 0.717) is 0 Å². The molecule has 0 amide bonds. The zero-order valence-electron chi connectivity index (χ0n) is 10.3. The fourth-order valence-corrected chi connectivity index (χ4v) is 1.89. The fraction of sp³-hybridized carbons (Fsp3) is 0.385. The topological polar surface area (TPSA) is 42.7 Å². The van der Waals surface area contributed by atoms with Gasteiger partial charge in [0.15, 0.2) is 0 Å². The van der Waals surface area contributed by atoms with E-state index >= 15 is 0 Å². The maximum atomic E-state index is 4.41. The van der Waals surface area contributed by atoms with Gasteiger partial charge < -0.3 is 5.32 Å². The van der Waals surface area contributed by atoms with E-state index in [9.17, 15) is 0 Å². The number of nitrogens with one attached hydrogen (secondary N) is 1. The van der Waals surface area contributed by atoms with Crippen molar-refractivity contribution >= 4 is 0 Å². The molecule has 1 unspecified atom stereocenters. The second-order valence-electron chi connectivity index (χ2n) is 4.05. The Labute approximate surface area is 102 Å². The molecule has 1 N–H and O–H groups in total. The van der Waals surface area contributed by atoms with Gasteiger partial charge in [0.2, 0.25) is 0 Å². The van der Waals surface area contributed by atoms with Gasteiger partial charge in [0.25, 0.3) is 0 Å². The molecule has 0 aliphatic rings. The Morgan fingerprint density at radius 1 is 1.35 bits per heavy atom. The van der Waals surface area contributed by atoms with Gasteiger partial charge in [0.1, 0.15) is 0 Å². The third-order valence-electron chi connectivity index (χ3n) is 2.68. The minimum Gasteiger partial charge on any atom is -0.309 e. The van der Waals surface area contributed by atoms with Crippen LogP contribution in [0.2, 0.25) is 0 Å². The van der Waals surface area contributed by atoms with Crippen molar-refractivity contribution in [3.63, 3.8) is 0 Å². The third-order valence-corrected chi connectivity index (χ3v) is 2.68. The molecule has 4 heteroatoms. The van der Waals surface area contributed by atoms with Crippen molar-refractivity contribution in [1.82, 2.24) is 20.1 Å². The molecule has 0 fully saturated rings. The zero-order valence-corrected chi connectivity index (χ0v) is 10.3. The van der Waals surface area contributed by atoms with Gasteiger partial charge >= 0.3 is 0 Å². The molecular formula is C13H18N4. The van der Waals surface area contributed by atoms with Crippen LogP contribution < -0.4 is 5.32 Å². The van der Waals surface area contributed by atoms with E-state index in [4.69, 9.17) is 0 Å². The molecule has 2 aromatic rings. The lowest BCUT2D eigenvalue weighted by atomic mass is 10.1. The van der Waals surface area contributed by atoms with Gasteiger partial charge in [0, 0.05) is 25.9 Å². The standard InChI is InChI=1S/C13H18N4/c1-3-14-13(12-6-4-5-8-15-12)10-11-7-9-17(2)16-11/h4-9,13-14H,3,10H2,1-2H3. The monoisotopic (exact) mass is 230 g/mol. The van der Waals surface area contributed by atoms with Crippen LogP contribution in [0.5, 0.6) is 0 Å². The summed E-state index contributed by atoms with van der Waals surface area (Å²) >= 11 is 0. The number of aryl methyl sites for hydroxylation is 1. The summed E-state index contributed by atoms with van der Waals surface area (Å²) in [5, 5.41) is 7.85. The lowest BCUT2D eigenvalue weighted by Crippen LogP contribution is -2.24. The quantitative estimate of drug-likeness (QED) is 0.850. The Morgan fingerprint density at radius 2 is 2.24 bits per heavy atom. The predicted octanol–water partition coefficient (Wildman–Crippen LogP) is 1.71. The molecule has 1 atom stereocenters. The molecule has 0 radical (unpaired) electrons. The van der Waals surface area contributed by atoms with E-state index in [1.54, 1.807) is 0 Å². The zero-order chi connectivity index (χ0) is 12.1. The van der Waals surface area contributed by atoms with Crippen LogP contribution in [0.3, 0.4) is 0 Å². The van der Waals surface area contributed by atoms with E-state index in [-0.39, 0.29) is 6.04 Å². The first-order valence-electron chi connectivity index (χ1n) is 5.92. The van der Waals surface area contributed by atoms with Crippen LogP contribution in [-0.4, -0.2) is 21.3 Å². The highest BCUT2D eigenvalue weighted by Gasteiger charge is 2.13. The molecule has 0 aliphatic heterocycles. The highest BCUT2D eigenvalue weighted by atomic mass is 15.2. The molecule has 2 aromatic heterocycles. The second-order valence-corrected chi connectivity index (χ2v) is 4.05. The Balaban J connectivity index is 2.13. The molecule has 2 heterocycles.